The van der Waals surface area contributed by atoms with Crippen molar-refractivity contribution in [2.24, 2.45) is 0 Å². The van der Waals surface area contributed by atoms with Gasteiger partial charge in [0.25, 0.3) is 0 Å². The molecule has 2 N–H and O–H groups in total. The largest absolute Gasteiger partial charge is 0.396 e. The Kier molecular flexibility index (Phi) is 2.83. The highest BCUT2D eigenvalue weighted by Crippen LogP contribution is 2.28. The topological polar surface area (TPSA) is 43.8 Å². The summed E-state index contributed by atoms with van der Waals surface area (Å²) < 4.78 is 28.8. The highest BCUT2D eigenvalue weighted by molar-refractivity contribution is 5.68. The average Bonchev–Trinajstić information content (AvgIpc) is 2.65. The molecule has 0 radical (unpaired) electrons. The number of benzene rings is 1. The molecule has 0 aliphatic heterocycles. The molecule has 3 nitrogen and oxygen atoms in total. The van der Waals surface area contributed by atoms with Gasteiger partial charge in [-0.05, 0) is 19.9 Å². The number of aromatic nitrogens is 2. The second kappa shape index (κ2) is 4.16. The van der Waals surface area contributed by atoms with Gasteiger partial charge < -0.3 is 5.73 Å². The molecule has 0 aliphatic carbocycles. The molecule has 1 heterocycles. The number of hydrogen-bond donors (Lipinski definition) is 1. The third-order valence-corrected chi connectivity index (χ3v) is 2.65. The molecule has 0 saturated carbocycles. The molecule has 0 spiro atoms. The zero-order chi connectivity index (χ0) is 12.6. The summed E-state index contributed by atoms with van der Waals surface area (Å²) in [5.41, 5.74) is 6.55. The van der Waals surface area contributed by atoms with Gasteiger partial charge in [-0.25, -0.2) is 8.78 Å². The van der Waals surface area contributed by atoms with Crippen molar-refractivity contribution in [3.05, 3.63) is 35.7 Å². The van der Waals surface area contributed by atoms with Crippen LogP contribution in [0.1, 0.15) is 12.6 Å². The third kappa shape index (κ3) is 2.00. The number of aryl methyl sites for hydroxylation is 2. The van der Waals surface area contributed by atoms with Crippen LogP contribution < -0.4 is 5.73 Å². The van der Waals surface area contributed by atoms with Crippen LogP contribution in [0.15, 0.2) is 18.3 Å². The average molecular weight is 237 g/mol. The molecule has 0 bridgehead atoms. The highest BCUT2D eigenvalue weighted by atomic mass is 19.1. The maximum absolute atomic E-state index is 13.7. The molecule has 0 saturated heterocycles. The van der Waals surface area contributed by atoms with Crippen LogP contribution in [0.25, 0.3) is 11.1 Å². The third-order valence-electron chi connectivity index (χ3n) is 2.65. The Morgan fingerprint density at radius 3 is 2.53 bits per heavy atom. The number of nitrogens with zero attached hydrogens (tertiary/aromatic N) is 2. The van der Waals surface area contributed by atoms with E-state index in [-0.39, 0.29) is 11.3 Å². The molecule has 0 atom stereocenters. The van der Waals surface area contributed by atoms with Crippen LogP contribution in [0, 0.1) is 18.6 Å². The first-order valence-electron chi connectivity index (χ1n) is 5.32. The van der Waals surface area contributed by atoms with E-state index in [0.29, 0.717) is 17.8 Å². The van der Waals surface area contributed by atoms with Crippen molar-refractivity contribution in [2.45, 2.75) is 20.4 Å². The summed E-state index contributed by atoms with van der Waals surface area (Å²) in [4.78, 5) is 0. The quantitative estimate of drug-likeness (QED) is 0.816. The summed E-state index contributed by atoms with van der Waals surface area (Å²) in [7, 11) is 0. The Hall–Kier alpha value is -1.91. The molecule has 2 rings (SSSR count). The van der Waals surface area contributed by atoms with Crippen molar-refractivity contribution in [3.8, 4) is 11.1 Å². The number of anilines is 1. The van der Waals surface area contributed by atoms with Crippen molar-refractivity contribution < 1.29 is 8.78 Å². The first kappa shape index (κ1) is 11.6. The molecule has 1 aromatic carbocycles. The second-order valence-electron chi connectivity index (χ2n) is 3.84. The molecule has 17 heavy (non-hydrogen) atoms. The fraction of sp³-hybridized carbons (Fsp3) is 0.250. The van der Waals surface area contributed by atoms with Crippen molar-refractivity contribution in [1.82, 2.24) is 9.78 Å². The van der Waals surface area contributed by atoms with Crippen molar-refractivity contribution in [3.63, 3.8) is 0 Å². The van der Waals surface area contributed by atoms with Gasteiger partial charge in [-0.3, -0.25) is 4.68 Å². The van der Waals surface area contributed by atoms with Crippen LogP contribution in [0.3, 0.4) is 0 Å². The molecule has 5 heteroatoms. The van der Waals surface area contributed by atoms with Gasteiger partial charge in [0.2, 0.25) is 0 Å². The monoisotopic (exact) mass is 237 g/mol. The number of halogens is 2. The van der Waals surface area contributed by atoms with Crippen LogP contribution in [0.4, 0.5) is 14.5 Å². The fourth-order valence-electron chi connectivity index (χ4n) is 1.71. The lowest BCUT2D eigenvalue weighted by atomic mass is 10.1. The van der Waals surface area contributed by atoms with E-state index in [9.17, 15) is 8.78 Å². The smallest absolute Gasteiger partial charge is 0.146 e. The highest BCUT2D eigenvalue weighted by Gasteiger charge is 2.14. The van der Waals surface area contributed by atoms with E-state index >= 15 is 0 Å². The maximum Gasteiger partial charge on any atom is 0.146 e. The van der Waals surface area contributed by atoms with Gasteiger partial charge in [0.05, 0.1) is 11.4 Å². The Labute approximate surface area is 97.9 Å². The van der Waals surface area contributed by atoms with Crippen LogP contribution in [-0.4, -0.2) is 9.78 Å². The van der Waals surface area contributed by atoms with Gasteiger partial charge in [0.15, 0.2) is 0 Å². The molecule has 2 aromatic rings. The van der Waals surface area contributed by atoms with E-state index in [0.717, 1.165) is 12.1 Å². The summed E-state index contributed by atoms with van der Waals surface area (Å²) in [5.74, 6) is -1.16. The van der Waals surface area contributed by atoms with Crippen LogP contribution in [0.5, 0.6) is 0 Å². The minimum atomic E-state index is -0.620. The van der Waals surface area contributed by atoms with E-state index in [1.54, 1.807) is 17.8 Å². The molecule has 0 fully saturated rings. The number of rotatable bonds is 2. The minimum Gasteiger partial charge on any atom is -0.396 e. The van der Waals surface area contributed by atoms with E-state index in [1.807, 2.05) is 6.92 Å². The van der Waals surface area contributed by atoms with Gasteiger partial charge in [-0.15, -0.1) is 0 Å². The van der Waals surface area contributed by atoms with E-state index in [1.165, 1.54) is 0 Å². The molecular weight excluding hydrogens is 224 g/mol. The zero-order valence-corrected chi connectivity index (χ0v) is 9.67. The van der Waals surface area contributed by atoms with Gasteiger partial charge in [-0.2, -0.15) is 5.10 Å². The van der Waals surface area contributed by atoms with E-state index in [4.69, 9.17) is 5.73 Å². The normalized spacial score (nSPS) is 10.8. The summed E-state index contributed by atoms with van der Waals surface area (Å²) in [6.07, 6.45) is 1.70. The maximum atomic E-state index is 13.7. The minimum absolute atomic E-state index is 0.188. The fourth-order valence-corrected chi connectivity index (χ4v) is 1.71. The lowest BCUT2D eigenvalue weighted by Gasteiger charge is -2.04. The summed E-state index contributed by atoms with van der Waals surface area (Å²) in [6, 6.07) is 2.10. The molecule has 0 amide bonds. The van der Waals surface area contributed by atoms with Crippen LogP contribution >= 0.6 is 0 Å². The zero-order valence-electron chi connectivity index (χ0n) is 9.67. The number of hydrogen-bond acceptors (Lipinski definition) is 2. The SMILES string of the molecule is CCn1cc(-c2cc(F)c(N)cc2F)c(C)n1. The number of nitrogen functional groups attached to an aromatic ring is 1. The Balaban J connectivity index is 2.59. The van der Waals surface area contributed by atoms with Gasteiger partial charge in [0, 0.05) is 29.9 Å². The lowest BCUT2D eigenvalue weighted by Crippen LogP contribution is -1.94. The Bertz CT molecular complexity index is 561. The predicted molar refractivity (Wildman–Crippen MR) is 62.4 cm³/mol. The summed E-state index contributed by atoms with van der Waals surface area (Å²) in [6.45, 7) is 4.37. The molecule has 90 valence electrons. The summed E-state index contributed by atoms with van der Waals surface area (Å²) >= 11 is 0. The predicted octanol–water partition coefficient (Wildman–Crippen LogP) is 2.74. The van der Waals surface area contributed by atoms with Gasteiger partial charge in [-0.1, -0.05) is 0 Å². The lowest BCUT2D eigenvalue weighted by molar-refractivity contribution is 0.607. The first-order valence-corrected chi connectivity index (χ1v) is 5.32. The molecular formula is C12H13F2N3. The molecule has 0 unspecified atom stereocenters. The second-order valence-corrected chi connectivity index (χ2v) is 3.84. The first-order chi connectivity index (χ1) is 8.02. The van der Waals surface area contributed by atoms with Crippen LogP contribution in [-0.2, 0) is 6.54 Å². The molecule has 1 aromatic heterocycles. The summed E-state index contributed by atoms with van der Waals surface area (Å²) in [5, 5.41) is 4.20. The van der Waals surface area contributed by atoms with E-state index in [2.05, 4.69) is 5.10 Å². The van der Waals surface area contributed by atoms with Crippen molar-refractivity contribution in [2.75, 3.05) is 5.73 Å². The standard InChI is InChI=1S/C12H13F2N3/c1-3-17-6-9(7(2)16-17)8-4-11(14)12(15)5-10(8)13/h4-6H,3,15H2,1-2H3. The Morgan fingerprint density at radius 2 is 1.94 bits per heavy atom. The number of nitrogens with two attached hydrogens (primary N) is 1. The van der Waals surface area contributed by atoms with Gasteiger partial charge in [0.1, 0.15) is 11.6 Å². The van der Waals surface area contributed by atoms with E-state index < -0.39 is 11.6 Å². The van der Waals surface area contributed by atoms with Crippen molar-refractivity contribution in [1.29, 1.82) is 0 Å². The van der Waals surface area contributed by atoms with Crippen LogP contribution in [0.2, 0.25) is 0 Å². The Morgan fingerprint density at radius 1 is 1.24 bits per heavy atom. The molecule has 0 aliphatic rings. The van der Waals surface area contributed by atoms with Crippen molar-refractivity contribution >= 4 is 5.69 Å². The van der Waals surface area contributed by atoms with Gasteiger partial charge >= 0.3 is 0 Å².